The molecule has 0 spiro atoms. The normalized spacial score (nSPS) is 12.1. The molecule has 0 bridgehead atoms. The lowest BCUT2D eigenvalue weighted by Gasteiger charge is -2.15. The zero-order valence-corrected chi connectivity index (χ0v) is 26.3. The van der Waals surface area contributed by atoms with Crippen molar-refractivity contribution in [2.24, 2.45) is 0 Å². The van der Waals surface area contributed by atoms with Gasteiger partial charge >= 0.3 is 0 Å². The van der Waals surface area contributed by atoms with Crippen molar-refractivity contribution in [3.63, 3.8) is 0 Å². The maximum Gasteiger partial charge on any atom is 0.143 e. The predicted octanol–water partition coefficient (Wildman–Crippen LogP) is 12.6. The SMILES string of the molecule is c1ccc(-c2nc3cc(-c4cc5ccccc5c5c4oc4ccc6ccccc6c45)ccc3c3c2ccc2ccc4cccnc4c23)cc1. The lowest BCUT2D eigenvalue weighted by Crippen LogP contribution is -1.93. The van der Waals surface area contributed by atoms with Crippen LogP contribution in [0.15, 0.2) is 162 Å². The molecule has 8 aromatic carbocycles. The molecule has 0 radical (unpaired) electrons. The molecule has 0 aliphatic carbocycles. The second-order valence-corrected chi connectivity index (χ2v) is 12.9. The Hall–Kier alpha value is -6.58. The molecule has 11 aromatic rings. The van der Waals surface area contributed by atoms with E-state index >= 15 is 0 Å². The molecule has 0 saturated heterocycles. The van der Waals surface area contributed by atoms with Gasteiger partial charge in [-0.2, -0.15) is 0 Å². The molecule has 3 aromatic heterocycles. The number of pyridine rings is 2. The van der Waals surface area contributed by atoms with Gasteiger partial charge in [0.2, 0.25) is 0 Å². The molecular formula is C46H26N2O. The first-order valence-electron chi connectivity index (χ1n) is 16.7. The Balaban J connectivity index is 1.28. The Bertz CT molecular complexity index is 3160. The van der Waals surface area contributed by atoms with Crippen molar-refractivity contribution >= 4 is 86.8 Å². The summed E-state index contributed by atoms with van der Waals surface area (Å²) >= 11 is 0. The van der Waals surface area contributed by atoms with Gasteiger partial charge in [-0.25, -0.2) is 4.98 Å². The summed E-state index contributed by atoms with van der Waals surface area (Å²) < 4.78 is 6.81. The fourth-order valence-corrected chi connectivity index (χ4v) is 8.03. The molecule has 0 saturated carbocycles. The van der Waals surface area contributed by atoms with E-state index in [0.717, 1.165) is 76.9 Å². The fourth-order valence-electron chi connectivity index (χ4n) is 8.03. The predicted molar refractivity (Wildman–Crippen MR) is 205 cm³/mol. The van der Waals surface area contributed by atoms with E-state index in [1.54, 1.807) is 0 Å². The summed E-state index contributed by atoms with van der Waals surface area (Å²) in [7, 11) is 0. The Morgan fingerprint density at radius 3 is 2.04 bits per heavy atom. The Morgan fingerprint density at radius 2 is 1.14 bits per heavy atom. The van der Waals surface area contributed by atoms with Crippen molar-refractivity contribution in [3.05, 3.63) is 158 Å². The van der Waals surface area contributed by atoms with Crippen LogP contribution in [-0.4, -0.2) is 9.97 Å². The van der Waals surface area contributed by atoms with Gasteiger partial charge in [0.05, 0.1) is 16.7 Å². The van der Waals surface area contributed by atoms with E-state index in [9.17, 15) is 0 Å². The fraction of sp³-hybridized carbons (Fsp3) is 0. The zero-order chi connectivity index (χ0) is 32.1. The van der Waals surface area contributed by atoms with Crippen molar-refractivity contribution in [2.75, 3.05) is 0 Å². The second-order valence-electron chi connectivity index (χ2n) is 12.9. The smallest absolute Gasteiger partial charge is 0.143 e. The highest BCUT2D eigenvalue weighted by atomic mass is 16.3. The first-order valence-corrected chi connectivity index (χ1v) is 16.7. The van der Waals surface area contributed by atoms with Crippen LogP contribution in [0.5, 0.6) is 0 Å². The van der Waals surface area contributed by atoms with Crippen molar-refractivity contribution in [2.45, 2.75) is 0 Å². The summed E-state index contributed by atoms with van der Waals surface area (Å²) in [5, 5.41) is 13.9. The van der Waals surface area contributed by atoms with Crippen LogP contribution in [0.25, 0.3) is 109 Å². The van der Waals surface area contributed by atoms with Crippen LogP contribution in [0.3, 0.4) is 0 Å². The average Bonchev–Trinajstić information content (AvgIpc) is 3.58. The zero-order valence-electron chi connectivity index (χ0n) is 26.3. The highest BCUT2D eigenvalue weighted by molar-refractivity contribution is 6.30. The first kappa shape index (κ1) is 26.5. The molecular weight excluding hydrogens is 597 g/mol. The van der Waals surface area contributed by atoms with E-state index in [-0.39, 0.29) is 0 Å². The number of aromatic nitrogens is 2. The lowest BCUT2D eigenvalue weighted by molar-refractivity contribution is 0.670. The standard InChI is InChI=1S/C46H26N2O/c1-2-10-29(11-3-1)44-36-22-18-28-16-17-30-13-8-24-47-45(30)40(28)41(36)35-21-19-32(26-38(35)48-44)37-25-31-12-5-7-15-34(31)43-42-33-14-6-4-9-27(33)20-23-39(42)49-46(37)43/h1-26H. The highest BCUT2D eigenvalue weighted by Crippen LogP contribution is 2.45. The first-order chi connectivity index (χ1) is 24.3. The minimum absolute atomic E-state index is 0.897. The quantitative estimate of drug-likeness (QED) is 0.180. The molecule has 0 aliphatic rings. The number of furan rings is 1. The number of nitrogens with zero attached hydrogens (tertiary/aromatic N) is 2. The molecule has 226 valence electrons. The lowest BCUT2D eigenvalue weighted by atomic mass is 9.91. The van der Waals surface area contributed by atoms with Crippen LogP contribution >= 0.6 is 0 Å². The average molecular weight is 623 g/mol. The molecule has 3 heterocycles. The minimum Gasteiger partial charge on any atom is -0.455 e. The van der Waals surface area contributed by atoms with Crippen molar-refractivity contribution < 1.29 is 4.42 Å². The largest absolute Gasteiger partial charge is 0.455 e. The van der Waals surface area contributed by atoms with Gasteiger partial charge in [0, 0.05) is 55.0 Å². The Morgan fingerprint density at radius 1 is 0.429 bits per heavy atom. The van der Waals surface area contributed by atoms with E-state index < -0.39 is 0 Å². The van der Waals surface area contributed by atoms with Crippen LogP contribution in [-0.2, 0) is 0 Å². The topological polar surface area (TPSA) is 38.9 Å². The Labute approximate surface area is 280 Å². The van der Waals surface area contributed by atoms with Gasteiger partial charge in [-0.3, -0.25) is 4.98 Å². The van der Waals surface area contributed by atoms with E-state index in [1.807, 2.05) is 12.3 Å². The van der Waals surface area contributed by atoms with Crippen molar-refractivity contribution in [1.82, 2.24) is 9.97 Å². The van der Waals surface area contributed by atoms with Crippen LogP contribution in [0.1, 0.15) is 0 Å². The third-order valence-electron chi connectivity index (χ3n) is 10.2. The number of hydrogen-bond donors (Lipinski definition) is 0. The monoisotopic (exact) mass is 622 g/mol. The molecule has 0 N–H and O–H groups in total. The molecule has 0 aliphatic heterocycles. The number of hydrogen-bond acceptors (Lipinski definition) is 3. The van der Waals surface area contributed by atoms with Gasteiger partial charge in [-0.05, 0) is 56.8 Å². The van der Waals surface area contributed by atoms with E-state index in [2.05, 4.69) is 146 Å². The van der Waals surface area contributed by atoms with Gasteiger partial charge in [-0.15, -0.1) is 0 Å². The van der Waals surface area contributed by atoms with Crippen LogP contribution in [0.4, 0.5) is 0 Å². The number of rotatable bonds is 2. The maximum atomic E-state index is 6.81. The molecule has 3 nitrogen and oxygen atoms in total. The molecule has 3 heteroatoms. The summed E-state index contributed by atoms with van der Waals surface area (Å²) in [5.41, 5.74) is 7.92. The molecule has 49 heavy (non-hydrogen) atoms. The summed E-state index contributed by atoms with van der Waals surface area (Å²) in [4.78, 5) is 10.3. The maximum absolute atomic E-state index is 6.81. The minimum atomic E-state index is 0.897. The third-order valence-corrected chi connectivity index (χ3v) is 10.2. The van der Waals surface area contributed by atoms with Crippen LogP contribution in [0, 0.1) is 0 Å². The summed E-state index contributed by atoms with van der Waals surface area (Å²) in [6.45, 7) is 0. The van der Waals surface area contributed by atoms with E-state index in [1.165, 1.54) is 32.3 Å². The van der Waals surface area contributed by atoms with Gasteiger partial charge < -0.3 is 4.42 Å². The third kappa shape index (κ3) is 3.78. The molecule has 0 amide bonds. The number of benzene rings is 8. The van der Waals surface area contributed by atoms with E-state index in [4.69, 9.17) is 14.4 Å². The summed E-state index contributed by atoms with van der Waals surface area (Å²) in [6.07, 6.45) is 1.89. The molecule has 11 rings (SSSR count). The van der Waals surface area contributed by atoms with Gasteiger partial charge in [0.25, 0.3) is 0 Å². The second kappa shape index (κ2) is 9.96. The summed E-state index contributed by atoms with van der Waals surface area (Å²) in [6, 6.07) is 53.9. The summed E-state index contributed by atoms with van der Waals surface area (Å²) in [5.74, 6) is 0. The number of fused-ring (bicyclic) bond motifs is 14. The van der Waals surface area contributed by atoms with Crippen molar-refractivity contribution in [1.29, 1.82) is 0 Å². The van der Waals surface area contributed by atoms with Gasteiger partial charge in [-0.1, -0.05) is 127 Å². The van der Waals surface area contributed by atoms with Crippen LogP contribution < -0.4 is 0 Å². The van der Waals surface area contributed by atoms with Gasteiger partial charge in [0.1, 0.15) is 11.2 Å². The van der Waals surface area contributed by atoms with Crippen molar-refractivity contribution in [3.8, 4) is 22.4 Å². The molecule has 0 unspecified atom stereocenters. The molecule has 0 fully saturated rings. The Kier molecular flexibility index (Phi) is 5.38. The van der Waals surface area contributed by atoms with Gasteiger partial charge in [0.15, 0.2) is 0 Å². The van der Waals surface area contributed by atoms with E-state index in [0.29, 0.717) is 0 Å². The molecule has 0 atom stereocenters. The highest BCUT2D eigenvalue weighted by Gasteiger charge is 2.20. The van der Waals surface area contributed by atoms with Crippen LogP contribution in [0.2, 0.25) is 0 Å².